The average Bonchev–Trinajstić information content (AvgIpc) is 1.64. The van der Waals surface area contributed by atoms with E-state index in [0.29, 0.717) is 0 Å². The fourth-order valence-electron chi connectivity index (χ4n) is 1.36. The van der Waals surface area contributed by atoms with E-state index in [1.807, 2.05) is 0 Å². The van der Waals surface area contributed by atoms with E-state index in [9.17, 15) is 4.80 Å². The van der Waals surface area contributed by atoms with Crippen LogP contribution in [0.3, 0.4) is 0 Å². The summed E-state index contributed by atoms with van der Waals surface area (Å²) in [6.07, 6.45) is 0. The molecule has 0 bridgehead atoms. The Bertz CT molecular complexity index is 190. The molecule has 0 radical (unpaired) electrons. The van der Waals surface area contributed by atoms with Crippen LogP contribution in [0.15, 0.2) is 0 Å². The van der Waals surface area contributed by atoms with Gasteiger partial charge in [0, 0.05) is 0 Å². The molecule has 168 valence electrons. The lowest BCUT2D eigenvalue weighted by Gasteiger charge is -2.25. The van der Waals surface area contributed by atoms with Gasteiger partial charge >= 0.3 is 25.7 Å². The smallest absolute Gasteiger partial charge is 0.320 e. The summed E-state index contributed by atoms with van der Waals surface area (Å²) in [5, 5.41) is 0. The van der Waals surface area contributed by atoms with Gasteiger partial charge in [0.25, 0.3) is 0 Å². The summed E-state index contributed by atoms with van der Waals surface area (Å²) in [5.74, 6) is 0. The second-order valence-corrected chi connectivity index (χ2v) is 21.2. The summed E-state index contributed by atoms with van der Waals surface area (Å²) < 4.78 is 10.5. The van der Waals surface area contributed by atoms with Crippen LogP contribution < -0.4 is 0 Å². The SMILES string of the molecule is C.C.C.C.C.C.C[Si](C)(C)O[Si](C)(C)O.C[Si](C)(O)O[Si](C)(C)O.O. The van der Waals surface area contributed by atoms with Crippen LogP contribution in [0, 0.1) is 0 Å². The van der Waals surface area contributed by atoms with Crippen molar-refractivity contribution in [2.75, 3.05) is 0 Å². The van der Waals surface area contributed by atoms with Crippen molar-refractivity contribution >= 4 is 34.0 Å². The summed E-state index contributed by atoms with van der Waals surface area (Å²) in [5.41, 5.74) is 0. The minimum atomic E-state index is -2.48. The predicted molar refractivity (Wildman–Crippen MR) is 129 cm³/mol. The molecule has 0 aliphatic heterocycles. The molecule has 0 heterocycles. The first-order valence-electron chi connectivity index (χ1n) is 5.99. The van der Waals surface area contributed by atoms with Crippen molar-refractivity contribution in [3.8, 4) is 0 Å². The Balaban J connectivity index is -0.0000000229. The van der Waals surface area contributed by atoms with Crippen LogP contribution >= 0.6 is 0 Å². The topological polar surface area (TPSA) is 111 Å². The Morgan fingerprint density at radius 2 is 0.600 bits per heavy atom. The molecule has 0 aromatic carbocycles. The summed E-state index contributed by atoms with van der Waals surface area (Å²) in [4.78, 5) is 27.6. The molecule has 0 saturated carbocycles. The van der Waals surface area contributed by atoms with E-state index < -0.39 is 34.0 Å². The first kappa shape index (κ1) is 56.2. The van der Waals surface area contributed by atoms with Crippen LogP contribution in [0.1, 0.15) is 44.6 Å². The van der Waals surface area contributed by atoms with Crippen molar-refractivity contribution < 1.29 is 28.1 Å². The van der Waals surface area contributed by atoms with Crippen molar-refractivity contribution in [2.45, 2.75) is 103 Å². The molecule has 0 aromatic heterocycles. The van der Waals surface area contributed by atoms with Gasteiger partial charge in [0.15, 0.2) is 8.32 Å². The molecule has 0 rings (SSSR count). The highest BCUT2D eigenvalue weighted by Crippen LogP contribution is 2.10. The zero-order chi connectivity index (χ0) is 15.4. The largest absolute Gasteiger partial charge is 0.436 e. The first-order chi connectivity index (χ1) is 7.41. The Kier molecular flexibility index (Phi) is 43.6. The number of rotatable bonds is 4. The molecule has 25 heavy (non-hydrogen) atoms. The highest BCUT2D eigenvalue weighted by molar-refractivity contribution is 6.80. The third kappa shape index (κ3) is 79.1. The summed E-state index contributed by atoms with van der Waals surface area (Å²) in [7, 11) is -8.67. The van der Waals surface area contributed by atoms with E-state index in [4.69, 9.17) is 17.8 Å². The van der Waals surface area contributed by atoms with E-state index in [1.54, 1.807) is 39.3 Å². The van der Waals surface area contributed by atoms with Gasteiger partial charge in [-0.3, -0.25) is 0 Å². The van der Waals surface area contributed by atoms with Crippen molar-refractivity contribution in [1.82, 2.24) is 0 Å². The Morgan fingerprint density at radius 1 is 0.440 bits per heavy atom. The van der Waals surface area contributed by atoms with E-state index in [0.717, 1.165) is 0 Å². The fourth-order valence-corrected chi connectivity index (χ4v) is 12.2. The van der Waals surface area contributed by atoms with Crippen LogP contribution in [0.5, 0.6) is 0 Å². The molecule has 6 nitrogen and oxygen atoms in total. The molecule has 5 N–H and O–H groups in total. The van der Waals surface area contributed by atoms with Crippen molar-refractivity contribution in [3.05, 3.63) is 0 Å². The van der Waals surface area contributed by atoms with E-state index in [-0.39, 0.29) is 50.0 Å². The second-order valence-electron chi connectivity index (χ2n) is 6.66. The molecule has 10 heteroatoms. The normalized spacial score (nSPS) is 10.1. The van der Waals surface area contributed by atoms with Crippen LogP contribution in [0.25, 0.3) is 0 Å². The molecule has 0 aliphatic carbocycles. The van der Waals surface area contributed by atoms with Crippen molar-refractivity contribution in [1.29, 1.82) is 0 Å². The van der Waals surface area contributed by atoms with Gasteiger partial charge in [0.05, 0.1) is 0 Å². The van der Waals surface area contributed by atoms with Gasteiger partial charge in [-0.05, 0) is 58.9 Å². The van der Waals surface area contributed by atoms with Gasteiger partial charge in [-0.2, -0.15) is 0 Å². The third-order valence-corrected chi connectivity index (χ3v) is 9.50. The van der Waals surface area contributed by atoms with Gasteiger partial charge in [-0.25, -0.2) is 0 Å². The molecule has 0 aliphatic rings. The summed E-state index contributed by atoms with van der Waals surface area (Å²) in [6, 6.07) is 0. The Hall–Kier alpha value is 0.628. The van der Waals surface area contributed by atoms with E-state index in [2.05, 4.69) is 19.6 Å². The molecular weight excluding hydrogens is 389 g/mol. The Labute approximate surface area is 165 Å². The van der Waals surface area contributed by atoms with Crippen LogP contribution in [-0.2, 0) is 8.23 Å². The Morgan fingerprint density at radius 3 is 0.600 bits per heavy atom. The maximum absolute atomic E-state index is 9.30. The highest BCUT2D eigenvalue weighted by Gasteiger charge is 2.30. The lowest BCUT2D eigenvalue weighted by molar-refractivity contribution is 0.321. The average molecular weight is 445 g/mol. The van der Waals surface area contributed by atoms with E-state index >= 15 is 0 Å². The zero-order valence-corrected chi connectivity index (χ0v) is 17.7. The lowest BCUT2D eigenvalue weighted by atomic mass is 11.8. The third-order valence-electron chi connectivity index (χ3n) is 1.06. The molecule has 0 saturated heterocycles. The van der Waals surface area contributed by atoms with Gasteiger partial charge in [-0.15, -0.1) is 0 Å². The minimum absolute atomic E-state index is 0. The first-order valence-corrected chi connectivity index (χ1v) is 18.0. The minimum Gasteiger partial charge on any atom is -0.436 e. The van der Waals surface area contributed by atoms with Crippen LogP contribution in [-0.4, -0.2) is 53.9 Å². The molecular formula is C15H56O6Si4. The lowest BCUT2D eigenvalue weighted by Crippen LogP contribution is -2.44. The zero-order valence-electron chi connectivity index (χ0n) is 13.7. The molecule has 0 fully saturated rings. The van der Waals surface area contributed by atoms with Gasteiger partial charge in [-0.1, -0.05) is 44.6 Å². The maximum atomic E-state index is 9.30. The van der Waals surface area contributed by atoms with Crippen LogP contribution in [0.4, 0.5) is 0 Å². The summed E-state index contributed by atoms with van der Waals surface area (Å²) >= 11 is 0. The number of hydrogen-bond donors (Lipinski definition) is 3. The molecule has 0 aromatic rings. The molecule has 0 atom stereocenters. The summed E-state index contributed by atoms with van der Waals surface area (Å²) in [6.45, 7) is 16.4. The van der Waals surface area contributed by atoms with E-state index in [1.165, 1.54) is 0 Å². The standard InChI is InChI=1S/C5H16O2Si2.C4H14O3Si2.6CH4.H2O/c1-8(2,3)7-9(4,5)6;1-8(2,5)7-9(3,4)6;;;;;;;/h6H,1-5H3;5-6H,1-4H3;6*1H4;1H2. The van der Waals surface area contributed by atoms with Crippen LogP contribution in [0.2, 0.25) is 58.9 Å². The monoisotopic (exact) mass is 444 g/mol. The van der Waals surface area contributed by atoms with Gasteiger partial charge < -0.3 is 28.1 Å². The van der Waals surface area contributed by atoms with Gasteiger partial charge in [0.2, 0.25) is 0 Å². The highest BCUT2D eigenvalue weighted by atomic mass is 28.5. The predicted octanol–water partition coefficient (Wildman–Crippen LogP) is 4.92. The van der Waals surface area contributed by atoms with Gasteiger partial charge in [0.1, 0.15) is 0 Å². The molecule has 0 unspecified atom stereocenters. The second kappa shape index (κ2) is 19.4. The van der Waals surface area contributed by atoms with Crippen molar-refractivity contribution in [3.63, 3.8) is 0 Å². The maximum Gasteiger partial charge on any atom is 0.320 e. The fraction of sp³-hybridized carbons (Fsp3) is 1.00. The molecule has 0 spiro atoms. The number of hydrogen-bond acceptors (Lipinski definition) is 5. The molecule has 0 amide bonds. The quantitative estimate of drug-likeness (QED) is 0.533. The van der Waals surface area contributed by atoms with Crippen molar-refractivity contribution in [2.24, 2.45) is 0 Å².